The second-order valence-corrected chi connectivity index (χ2v) is 5.66. The minimum absolute atomic E-state index is 0.454. The zero-order valence-corrected chi connectivity index (χ0v) is 11.7. The van der Waals surface area contributed by atoms with Crippen molar-refractivity contribution in [1.29, 1.82) is 0 Å². The standard InChI is InChI=1S/C14H18ClN3/c1-3-14(6-7-14)9-18-12(8-15)17-11-5-4-10(2)16-13(11)18/h4-5H,3,6-9H2,1-2H3. The van der Waals surface area contributed by atoms with Gasteiger partial charge in [0.2, 0.25) is 0 Å². The summed E-state index contributed by atoms with van der Waals surface area (Å²) < 4.78 is 2.23. The summed E-state index contributed by atoms with van der Waals surface area (Å²) in [5.74, 6) is 1.40. The molecule has 1 saturated carbocycles. The van der Waals surface area contributed by atoms with Crippen LogP contribution in [0.2, 0.25) is 0 Å². The molecule has 0 saturated heterocycles. The van der Waals surface area contributed by atoms with Crippen LogP contribution in [0.3, 0.4) is 0 Å². The molecule has 2 aromatic rings. The van der Waals surface area contributed by atoms with Gasteiger partial charge in [-0.1, -0.05) is 6.92 Å². The molecule has 2 aromatic heterocycles. The first kappa shape index (κ1) is 12.0. The van der Waals surface area contributed by atoms with Gasteiger partial charge < -0.3 is 4.57 Å². The van der Waals surface area contributed by atoms with Crippen molar-refractivity contribution in [2.24, 2.45) is 5.41 Å². The highest BCUT2D eigenvalue weighted by molar-refractivity contribution is 6.16. The molecule has 18 heavy (non-hydrogen) atoms. The Morgan fingerprint density at radius 1 is 1.33 bits per heavy atom. The smallest absolute Gasteiger partial charge is 0.160 e. The average molecular weight is 264 g/mol. The van der Waals surface area contributed by atoms with Crippen LogP contribution in [0.1, 0.15) is 37.7 Å². The molecule has 96 valence electrons. The molecule has 2 heterocycles. The van der Waals surface area contributed by atoms with Crippen molar-refractivity contribution in [2.75, 3.05) is 0 Å². The molecule has 1 aliphatic carbocycles. The van der Waals surface area contributed by atoms with Crippen LogP contribution in [0.25, 0.3) is 11.2 Å². The number of hydrogen-bond acceptors (Lipinski definition) is 2. The summed E-state index contributed by atoms with van der Waals surface area (Å²) in [6, 6.07) is 4.04. The third kappa shape index (κ3) is 1.91. The number of hydrogen-bond donors (Lipinski definition) is 0. The van der Waals surface area contributed by atoms with Crippen LogP contribution in [0.15, 0.2) is 12.1 Å². The van der Waals surface area contributed by atoms with E-state index in [4.69, 9.17) is 11.6 Å². The maximum Gasteiger partial charge on any atom is 0.160 e. The van der Waals surface area contributed by atoms with E-state index in [-0.39, 0.29) is 0 Å². The summed E-state index contributed by atoms with van der Waals surface area (Å²) in [6.07, 6.45) is 3.85. The number of rotatable bonds is 4. The molecular weight excluding hydrogens is 246 g/mol. The maximum absolute atomic E-state index is 6.02. The summed E-state index contributed by atoms with van der Waals surface area (Å²) in [4.78, 5) is 9.22. The fraction of sp³-hybridized carbons (Fsp3) is 0.571. The lowest BCUT2D eigenvalue weighted by Gasteiger charge is -2.15. The Morgan fingerprint density at radius 3 is 2.72 bits per heavy atom. The second-order valence-electron chi connectivity index (χ2n) is 5.40. The summed E-state index contributed by atoms with van der Waals surface area (Å²) in [5.41, 5.74) is 3.46. The van der Waals surface area contributed by atoms with Crippen LogP contribution < -0.4 is 0 Å². The minimum Gasteiger partial charge on any atom is -0.311 e. The molecule has 3 rings (SSSR count). The van der Waals surface area contributed by atoms with Gasteiger partial charge >= 0.3 is 0 Å². The van der Waals surface area contributed by atoms with Crippen molar-refractivity contribution < 1.29 is 0 Å². The number of aromatic nitrogens is 3. The first-order valence-corrected chi connectivity index (χ1v) is 7.10. The normalized spacial score (nSPS) is 17.3. The van der Waals surface area contributed by atoms with E-state index in [1.807, 2.05) is 19.1 Å². The molecular formula is C14H18ClN3. The lowest BCUT2D eigenvalue weighted by Crippen LogP contribution is -2.13. The van der Waals surface area contributed by atoms with Gasteiger partial charge in [-0.25, -0.2) is 9.97 Å². The zero-order valence-electron chi connectivity index (χ0n) is 10.9. The van der Waals surface area contributed by atoms with Gasteiger partial charge in [0.1, 0.15) is 11.3 Å². The summed E-state index contributed by atoms with van der Waals surface area (Å²) in [7, 11) is 0. The van der Waals surface area contributed by atoms with E-state index in [0.717, 1.165) is 29.2 Å². The molecule has 0 amide bonds. The molecule has 0 spiro atoms. The van der Waals surface area contributed by atoms with Crippen molar-refractivity contribution >= 4 is 22.8 Å². The number of alkyl halides is 1. The first-order valence-electron chi connectivity index (χ1n) is 6.56. The van der Waals surface area contributed by atoms with E-state index in [0.29, 0.717) is 11.3 Å². The summed E-state index contributed by atoms with van der Waals surface area (Å²) >= 11 is 6.02. The Bertz CT molecular complexity index is 584. The highest BCUT2D eigenvalue weighted by Gasteiger charge is 2.41. The highest BCUT2D eigenvalue weighted by atomic mass is 35.5. The Morgan fingerprint density at radius 2 is 2.11 bits per heavy atom. The first-order chi connectivity index (χ1) is 8.67. The molecule has 0 bridgehead atoms. The van der Waals surface area contributed by atoms with Crippen molar-refractivity contribution in [3.05, 3.63) is 23.7 Å². The molecule has 0 radical (unpaired) electrons. The monoisotopic (exact) mass is 263 g/mol. The van der Waals surface area contributed by atoms with Crippen LogP contribution >= 0.6 is 11.6 Å². The van der Waals surface area contributed by atoms with Crippen LogP contribution in [-0.2, 0) is 12.4 Å². The minimum atomic E-state index is 0.454. The lowest BCUT2D eigenvalue weighted by atomic mass is 10.0. The van der Waals surface area contributed by atoms with Crippen LogP contribution in [0, 0.1) is 12.3 Å². The van der Waals surface area contributed by atoms with Gasteiger partial charge in [-0.3, -0.25) is 0 Å². The SMILES string of the molecule is CCC1(Cn2c(CCl)nc3ccc(C)nc32)CC1. The van der Waals surface area contributed by atoms with Crippen molar-refractivity contribution in [3.8, 4) is 0 Å². The molecule has 4 heteroatoms. The molecule has 1 aliphatic rings. The molecule has 0 aliphatic heterocycles. The number of nitrogens with zero attached hydrogens (tertiary/aromatic N) is 3. The number of imidazole rings is 1. The van der Waals surface area contributed by atoms with Crippen LogP contribution in [0.5, 0.6) is 0 Å². The number of fused-ring (bicyclic) bond motifs is 1. The zero-order chi connectivity index (χ0) is 12.8. The van der Waals surface area contributed by atoms with Crippen LogP contribution in [0.4, 0.5) is 0 Å². The lowest BCUT2D eigenvalue weighted by molar-refractivity contribution is 0.408. The molecule has 0 N–H and O–H groups in total. The van der Waals surface area contributed by atoms with E-state index < -0.39 is 0 Å². The van der Waals surface area contributed by atoms with Crippen LogP contribution in [-0.4, -0.2) is 14.5 Å². The molecule has 0 aromatic carbocycles. The largest absolute Gasteiger partial charge is 0.311 e. The Hall–Kier alpha value is -1.09. The molecule has 3 nitrogen and oxygen atoms in total. The average Bonchev–Trinajstić information content (AvgIpc) is 3.08. The summed E-state index contributed by atoms with van der Waals surface area (Å²) in [5, 5.41) is 0. The Balaban J connectivity index is 2.09. The van der Waals surface area contributed by atoms with E-state index in [9.17, 15) is 0 Å². The van der Waals surface area contributed by atoms with E-state index >= 15 is 0 Å². The van der Waals surface area contributed by atoms with Crippen molar-refractivity contribution in [1.82, 2.24) is 14.5 Å². The molecule has 0 atom stereocenters. The van der Waals surface area contributed by atoms with E-state index in [1.54, 1.807) is 0 Å². The van der Waals surface area contributed by atoms with E-state index in [1.165, 1.54) is 19.3 Å². The second kappa shape index (κ2) is 4.23. The molecule has 1 fully saturated rings. The number of pyridine rings is 1. The third-order valence-electron chi connectivity index (χ3n) is 4.13. The highest BCUT2D eigenvalue weighted by Crippen LogP contribution is 2.50. The van der Waals surface area contributed by atoms with Crippen molar-refractivity contribution in [3.63, 3.8) is 0 Å². The van der Waals surface area contributed by atoms with Gasteiger partial charge in [0.05, 0.1) is 5.88 Å². The van der Waals surface area contributed by atoms with E-state index in [2.05, 4.69) is 21.5 Å². The van der Waals surface area contributed by atoms with Gasteiger partial charge in [0.15, 0.2) is 5.65 Å². The predicted molar refractivity (Wildman–Crippen MR) is 73.8 cm³/mol. The number of halogens is 1. The summed E-state index contributed by atoms with van der Waals surface area (Å²) in [6.45, 7) is 5.30. The fourth-order valence-electron chi connectivity index (χ4n) is 2.55. The van der Waals surface area contributed by atoms with Crippen molar-refractivity contribution in [2.45, 2.75) is 45.5 Å². The molecule has 0 unspecified atom stereocenters. The third-order valence-corrected chi connectivity index (χ3v) is 4.37. The van der Waals surface area contributed by atoms with Gasteiger partial charge in [-0.2, -0.15) is 0 Å². The predicted octanol–water partition coefficient (Wildman–Crippen LogP) is 3.67. The van der Waals surface area contributed by atoms with Gasteiger partial charge in [-0.05, 0) is 43.7 Å². The quantitative estimate of drug-likeness (QED) is 0.788. The Labute approximate surface area is 112 Å². The van der Waals surface area contributed by atoms with Gasteiger partial charge in [-0.15, -0.1) is 11.6 Å². The fourth-order valence-corrected chi connectivity index (χ4v) is 2.75. The topological polar surface area (TPSA) is 30.7 Å². The van der Waals surface area contributed by atoms with Gasteiger partial charge in [0, 0.05) is 12.2 Å². The Kier molecular flexibility index (Phi) is 2.81. The number of aryl methyl sites for hydroxylation is 1. The van der Waals surface area contributed by atoms with Gasteiger partial charge in [0.25, 0.3) is 0 Å². The maximum atomic E-state index is 6.02.